The molecule has 0 aliphatic heterocycles. The number of aromatic nitrogens is 3. The van der Waals surface area contributed by atoms with Gasteiger partial charge in [-0.2, -0.15) is 0 Å². The van der Waals surface area contributed by atoms with E-state index < -0.39 is 0 Å². The quantitative estimate of drug-likeness (QED) is 0.851. The number of nitrogens with one attached hydrogen (secondary N) is 2. The van der Waals surface area contributed by atoms with Gasteiger partial charge in [0, 0.05) is 18.5 Å². The van der Waals surface area contributed by atoms with Gasteiger partial charge in [0.05, 0.1) is 12.2 Å². The van der Waals surface area contributed by atoms with Crippen molar-refractivity contribution in [2.75, 3.05) is 17.2 Å². The largest absolute Gasteiger partial charge is 0.444 e. The maximum Gasteiger partial charge on any atom is 0.213 e. The van der Waals surface area contributed by atoms with Crippen LogP contribution in [0.1, 0.15) is 42.6 Å². The van der Waals surface area contributed by atoms with Crippen LogP contribution in [0.25, 0.3) is 0 Å². The van der Waals surface area contributed by atoms with Crippen LogP contribution in [0.2, 0.25) is 0 Å². The van der Waals surface area contributed by atoms with Gasteiger partial charge in [-0.05, 0) is 27.7 Å². The summed E-state index contributed by atoms with van der Waals surface area (Å²) in [5.74, 6) is 4.05. The fraction of sp³-hybridized carbons (Fsp3) is 0.533. The lowest BCUT2D eigenvalue weighted by Crippen LogP contribution is -2.11. The first-order chi connectivity index (χ1) is 10.0. The molecule has 21 heavy (non-hydrogen) atoms. The Balaban J connectivity index is 2.20. The lowest BCUT2D eigenvalue weighted by molar-refractivity contribution is 0.478. The first-order valence-electron chi connectivity index (χ1n) is 7.33. The van der Waals surface area contributed by atoms with E-state index in [2.05, 4.69) is 32.5 Å². The van der Waals surface area contributed by atoms with Gasteiger partial charge in [-0.15, -0.1) is 0 Å². The van der Waals surface area contributed by atoms with Crippen LogP contribution >= 0.6 is 0 Å². The first-order valence-corrected chi connectivity index (χ1v) is 7.33. The lowest BCUT2D eigenvalue weighted by Gasteiger charge is -2.13. The maximum atomic E-state index is 5.58. The molecular formula is C15H23N5O. The van der Waals surface area contributed by atoms with E-state index in [-0.39, 0.29) is 0 Å². The van der Waals surface area contributed by atoms with E-state index >= 15 is 0 Å². The van der Waals surface area contributed by atoms with Gasteiger partial charge >= 0.3 is 0 Å². The van der Waals surface area contributed by atoms with E-state index in [1.165, 1.54) is 0 Å². The summed E-state index contributed by atoms with van der Waals surface area (Å²) in [7, 11) is 0. The van der Waals surface area contributed by atoms with Gasteiger partial charge in [0.2, 0.25) is 5.89 Å². The molecule has 0 spiro atoms. The van der Waals surface area contributed by atoms with E-state index in [1.807, 2.05) is 27.7 Å². The van der Waals surface area contributed by atoms with E-state index in [0.29, 0.717) is 12.4 Å². The summed E-state index contributed by atoms with van der Waals surface area (Å²) in [4.78, 5) is 13.4. The van der Waals surface area contributed by atoms with E-state index in [0.717, 1.165) is 47.4 Å². The van der Waals surface area contributed by atoms with Gasteiger partial charge in [-0.25, -0.2) is 15.0 Å². The average molecular weight is 289 g/mol. The molecule has 0 amide bonds. The number of nitrogens with zero attached hydrogens (tertiary/aromatic N) is 3. The Kier molecular flexibility index (Phi) is 4.77. The van der Waals surface area contributed by atoms with E-state index in [1.54, 1.807) is 0 Å². The standard InChI is InChI=1S/C15H23N5O/c1-6-12-19-14(16-7-2)9(3)15(20-12)17-8-13-18-10(4)11(5)21-13/h6-8H2,1-5H3,(H2,16,17,19,20). The minimum absolute atomic E-state index is 0.515. The highest BCUT2D eigenvalue weighted by atomic mass is 16.4. The van der Waals surface area contributed by atoms with Gasteiger partial charge < -0.3 is 15.1 Å². The van der Waals surface area contributed by atoms with Crippen molar-refractivity contribution in [1.29, 1.82) is 0 Å². The molecule has 2 N–H and O–H groups in total. The zero-order valence-corrected chi connectivity index (χ0v) is 13.4. The first kappa shape index (κ1) is 15.3. The second kappa shape index (κ2) is 6.56. The molecule has 0 aliphatic carbocycles. The SMILES string of the molecule is CCNc1nc(CC)nc(NCc2nc(C)c(C)o2)c1C. The average Bonchev–Trinajstić information content (AvgIpc) is 2.79. The Bertz CT molecular complexity index is 601. The van der Waals surface area contributed by atoms with Gasteiger partial charge in [-0.1, -0.05) is 6.92 Å². The molecule has 2 heterocycles. The molecule has 0 saturated heterocycles. The van der Waals surface area contributed by atoms with Crippen LogP contribution in [0.3, 0.4) is 0 Å². The summed E-state index contributed by atoms with van der Waals surface area (Å²) < 4.78 is 5.58. The van der Waals surface area contributed by atoms with Crippen LogP contribution in [0.5, 0.6) is 0 Å². The van der Waals surface area contributed by atoms with Gasteiger partial charge in [0.1, 0.15) is 23.2 Å². The van der Waals surface area contributed by atoms with Crippen molar-refractivity contribution < 1.29 is 4.42 Å². The van der Waals surface area contributed by atoms with Crippen molar-refractivity contribution in [3.05, 3.63) is 28.7 Å². The monoisotopic (exact) mass is 289 g/mol. The summed E-state index contributed by atoms with van der Waals surface area (Å²) in [5.41, 5.74) is 1.93. The molecular weight excluding hydrogens is 266 g/mol. The molecule has 0 aliphatic rings. The molecule has 2 aromatic heterocycles. The highest BCUT2D eigenvalue weighted by Crippen LogP contribution is 2.21. The van der Waals surface area contributed by atoms with Crippen molar-refractivity contribution in [3.8, 4) is 0 Å². The number of hydrogen-bond acceptors (Lipinski definition) is 6. The summed E-state index contributed by atoms with van der Waals surface area (Å²) in [5, 5.41) is 6.57. The topological polar surface area (TPSA) is 75.9 Å². The zero-order chi connectivity index (χ0) is 15.4. The molecule has 2 rings (SSSR count). The van der Waals surface area contributed by atoms with Gasteiger partial charge in [0.15, 0.2) is 0 Å². The van der Waals surface area contributed by atoms with Crippen LogP contribution in [0, 0.1) is 20.8 Å². The molecule has 0 bridgehead atoms. The second-order valence-corrected chi connectivity index (χ2v) is 4.95. The van der Waals surface area contributed by atoms with Crippen LogP contribution in [-0.2, 0) is 13.0 Å². The predicted octanol–water partition coefficient (Wildman–Crippen LogP) is 3.00. The number of hydrogen-bond donors (Lipinski definition) is 2. The van der Waals surface area contributed by atoms with Crippen molar-refractivity contribution in [1.82, 2.24) is 15.0 Å². The number of aryl methyl sites for hydroxylation is 3. The Hall–Kier alpha value is -2.11. The van der Waals surface area contributed by atoms with Crippen molar-refractivity contribution >= 4 is 11.6 Å². The Morgan fingerprint density at radius 2 is 1.62 bits per heavy atom. The fourth-order valence-corrected chi connectivity index (χ4v) is 2.01. The summed E-state index contributed by atoms with van der Waals surface area (Å²) in [6.07, 6.45) is 0.796. The molecule has 0 aromatic carbocycles. The second-order valence-electron chi connectivity index (χ2n) is 4.95. The molecule has 0 atom stereocenters. The molecule has 6 nitrogen and oxygen atoms in total. The Labute approximate surface area is 125 Å². The highest BCUT2D eigenvalue weighted by molar-refractivity contribution is 5.57. The summed E-state index contributed by atoms with van der Waals surface area (Å²) >= 11 is 0. The van der Waals surface area contributed by atoms with E-state index in [4.69, 9.17) is 4.42 Å². The van der Waals surface area contributed by atoms with Crippen LogP contribution in [0.4, 0.5) is 11.6 Å². The number of anilines is 2. The van der Waals surface area contributed by atoms with Crippen LogP contribution in [0.15, 0.2) is 4.42 Å². The van der Waals surface area contributed by atoms with Gasteiger partial charge in [0.25, 0.3) is 0 Å². The third-order valence-electron chi connectivity index (χ3n) is 3.33. The van der Waals surface area contributed by atoms with Gasteiger partial charge in [-0.3, -0.25) is 0 Å². The normalized spacial score (nSPS) is 10.7. The lowest BCUT2D eigenvalue weighted by atomic mass is 10.3. The van der Waals surface area contributed by atoms with Crippen molar-refractivity contribution in [3.63, 3.8) is 0 Å². The minimum Gasteiger partial charge on any atom is -0.444 e. The molecule has 0 radical (unpaired) electrons. The molecule has 0 saturated carbocycles. The summed E-state index contributed by atoms with van der Waals surface area (Å²) in [6, 6.07) is 0. The van der Waals surface area contributed by atoms with Crippen molar-refractivity contribution in [2.45, 2.75) is 47.6 Å². The molecule has 0 unspecified atom stereocenters. The van der Waals surface area contributed by atoms with Crippen molar-refractivity contribution in [2.24, 2.45) is 0 Å². The zero-order valence-electron chi connectivity index (χ0n) is 13.4. The Morgan fingerprint density at radius 3 is 2.14 bits per heavy atom. The van der Waals surface area contributed by atoms with Crippen LogP contribution in [-0.4, -0.2) is 21.5 Å². The Morgan fingerprint density at radius 1 is 0.952 bits per heavy atom. The fourth-order valence-electron chi connectivity index (χ4n) is 2.01. The third-order valence-corrected chi connectivity index (χ3v) is 3.33. The third kappa shape index (κ3) is 3.51. The molecule has 0 fully saturated rings. The molecule has 2 aromatic rings. The summed E-state index contributed by atoms with van der Waals surface area (Å²) in [6.45, 7) is 11.3. The maximum absolute atomic E-state index is 5.58. The molecule has 114 valence electrons. The smallest absolute Gasteiger partial charge is 0.213 e. The number of oxazole rings is 1. The van der Waals surface area contributed by atoms with Crippen LogP contribution < -0.4 is 10.6 Å². The number of rotatable bonds is 6. The minimum atomic E-state index is 0.515. The molecule has 6 heteroatoms. The predicted molar refractivity (Wildman–Crippen MR) is 83.6 cm³/mol. The van der Waals surface area contributed by atoms with E-state index in [9.17, 15) is 0 Å². The highest BCUT2D eigenvalue weighted by Gasteiger charge is 2.11.